The van der Waals surface area contributed by atoms with Crippen LogP contribution in [0.15, 0.2) is 54.6 Å². The lowest BCUT2D eigenvalue weighted by Crippen LogP contribution is -2.35. The van der Waals surface area contributed by atoms with Crippen LogP contribution in [-0.2, 0) is 0 Å². The van der Waals surface area contributed by atoms with Gasteiger partial charge in [-0.3, -0.25) is 4.79 Å². The first-order valence-corrected chi connectivity index (χ1v) is 14.9. The number of methoxy groups -OCH3 is 2. The van der Waals surface area contributed by atoms with Crippen LogP contribution in [0.2, 0.25) is 0 Å². The van der Waals surface area contributed by atoms with E-state index in [1.54, 1.807) is 25.3 Å². The van der Waals surface area contributed by atoms with Gasteiger partial charge < -0.3 is 34.3 Å². The maximum atomic E-state index is 13.1. The average Bonchev–Trinajstić information content (AvgIpc) is 3.00. The van der Waals surface area contributed by atoms with Crippen molar-refractivity contribution in [3.05, 3.63) is 76.9 Å². The van der Waals surface area contributed by atoms with Crippen LogP contribution in [0, 0.1) is 6.92 Å². The molecule has 234 valence electrons. The van der Waals surface area contributed by atoms with Crippen molar-refractivity contribution in [2.75, 3.05) is 20.8 Å². The first kappa shape index (κ1) is 33.7. The highest BCUT2D eigenvalue weighted by molar-refractivity contribution is 6.02. The molecule has 0 aliphatic heterocycles. The number of aliphatic hydroxyl groups is 2. The molecule has 0 saturated carbocycles. The largest absolute Gasteiger partial charge is 0.508 e. The number of carbonyl (C=O) groups excluding carboxylic acids is 1. The molecule has 0 bridgehead atoms. The van der Waals surface area contributed by atoms with Gasteiger partial charge in [-0.2, -0.15) is 0 Å². The summed E-state index contributed by atoms with van der Waals surface area (Å²) in [7, 11) is 3.03. The third-order valence-corrected chi connectivity index (χ3v) is 7.73. The second-order valence-corrected chi connectivity index (χ2v) is 11.2. The van der Waals surface area contributed by atoms with E-state index in [1.165, 1.54) is 20.1 Å². The molecule has 0 spiro atoms. The molecular formula is C35H46O8. The van der Waals surface area contributed by atoms with Crippen molar-refractivity contribution in [2.24, 2.45) is 0 Å². The number of ether oxygens (including phenoxy) is 4. The molecule has 0 aliphatic carbocycles. The number of aromatic hydroxyl groups is 1. The molecule has 0 aliphatic rings. The quantitative estimate of drug-likeness (QED) is 0.159. The summed E-state index contributed by atoms with van der Waals surface area (Å²) in [6.07, 6.45) is 1.87. The summed E-state index contributed by atoms with van der Waals surface area (Å²) in [5.74, 6) is 0.709. The van der Waals surface area contributed by atoms with Gasteiger partial charge >= 0.3 is 0 Å². The minimum Gasteiger partial charge on any atom is -0.508 e. The Hall–Kier alpha value is -3.75. The highest BCUT2D eigenvalue weighted by atomic mass is 16.5. The molecule has 4 atom stereocenters. The van der Waals surface area contributed by atoms with E-state index in [4.69, 9.17) is 18.9 Å². The molecule has 0 saturated heterocycles. The van der Waals surface area contributed by atoms with Crippen molar-refractivity contribution in [3.8, 4) is 28.7 Å². The number of ketones is 1. The topological polar surface area (TPSA) is 115 Å². The number of aliphatic hydroxyl groups excluding tert-OH is 1. The van der Waals surface area contributed by atoms with E-state index < -0.39 is 30.0 Å². The predicted molar refractivity (Wildman–Crippen MR) is 167 cm³/mol. The minimum atomic E-state index is -1.51. The summed E-state index contributed by atoms with van der Waals surface area (Å²) in [6, 6.07) is 15.6. The van der Waals surface area contributed by atoms with Gasteiger partial charge in [0, 0.05) is 11.1 Å². The molecule has 0 fully saturated rings. The molecule has 8 heteroatoms. The van der Waals surface area contributed by atoms with Crippen LogP contribution in [0.25, 0.3) is 0 Å². The van der Waals surface area contributed by atoms with Crippen LogP contribution in [0.5, 0.6) is 28.7 Å². The van der Waals surface area contributed by atoms with Crippen LogP contribution in [0.4, 0.5) is 0 Å². The van der Waals surface area contributed by atoms with Gasteiger partial charge in [0.2, 0.25) is 0 Å². The highest BCUT2D eigenvalue weighted by Crippen LogP contribution is 2.41. The molecule has 3 N–H and O–H groups in total. The molecule has 0 heterocycles. The summed E-state index contributed by atoms with van der Waals surface area (Å²) in [4.78, 5) is 13.1. The Morgan fingerprint density at radius 3 is 2.16 bits per heavy atom. The summed E-state index contributed by atoms with van der Waals surface area (Å²) >= 11 is 0. The van der Waals surface area contributed by atoms with Crippen LogP contribution < -0.4 is 18.9 Å². The second kappa shape index (κ2) is 15.1. The van der Waals surface area contributed by atoms with Gasteiger partial charge in [0.05, 0.1) is 32.8 Å². The Morgan fingerprint density at radius 2 is 1.56 bits per heavy atom. The third kappa shape index (κ3) is 8.21. The van der Waals surface area contributed by atoms with Gasteiger partial charge in [0.15, 0.2) is 28.8 Å². The number of unbranched alkanes of at least 4 members (excludes halogenated alkanes) is 1. The lowest BCUT2D eigenvalue weighted by Gasteiger charge is -2.29. The van der Waals surface area contributed by atoms with Crippen molar-refractivity contribution in [1.29, 1.82) is 0 Å². The van der Waals surface area contributed by atoms with E-state index in [2.05, 4.69) is 0 Å². The Morgan fingerprint density at radius 1 is 0.907 bits per heavy atom. The molecular weight excluding hydrogens is 548 g/mol. The number of rotatable bonds is 16. The van der Waals surface area contributed by atoms with E-state index in [1.807, 2.05) is 58.0 Å². The van der Waals surface area contributed by atoms with E-state index >= 15 is 0 Å². The van der Waals surface area contributed by atoms with Crippen molar-refractivity contribution in [3.63, 3.8) is 0 Å². The average molecular weight is 595 g/mol. The first-order chi connectivity index (χ1) is 20.5. The van der Waals surface area contributed by atoms with Crippen LogP contribution in [-0.4, -0.2) is 59.7 Å². The van der Waals surface area contributed by atoms with Gasteiger partial charge in [0.1, 0.15) is 17.5 Å². The molecule has 8 nitrogen and oxygen atoms in total. The van der Waals surface area contributed by atoms with Crippen molar-refractivity contribution >= 4 is 5.78 Å². The zero-order valence-electron chi connectivity index (χ0n) is 26.3. The van der Waals surface area contributed by atoms with Crippen molar-refractivity contribution in [2.45, 2.75) is 84.0 Å². The predicted octanol–water partition coefficient (Wildman–Crippen LogP) is 6.59. The number of Topliss-reactive ketones (excluding diaryl/α,β-unsaturated/α-hetero) is 1. The number of aryl methyl sites for hydroxylation is 1. The lowest BCUT2D eigenvalue weighted by molar-refractivity contribution is 0.0357. The Bertz CT molecular complexity index is 1370. The van der Waals surface area contributed by atoms with E-state index in [-0.39, 0.29) is 17.6 Å². The summed E-state index contributed by atoms with van der Waals surface area (Å²) < 4.78 is 23.7. The smallest absolute Gasteiger partial charge is 0.194 e. The fraction of sp³-hybridized carbons (Fsp3) is 0.457. The maximum Gasteiger partial charge on any atom is 0.194 e. The van der Waals surface area contributed by atoms with Crippen LogP contribution in [0.1, 0.15) is 86.3 Å². The number of carbonyl (C=O) groups is 1. The van der Waals surface area contributed by atoms with Crippen LogP contribution >= 0.6 is 0 Å². The number of phenolic OH excluding ortho intramolecular Hbond substituents is 1. The lowest BCUT2D eigenvalue weighted by atomic mass is 9.85. The minimum absolute atomic E-state index is 0.0112. The van der Waals surface area contributed by atoms with E-state index in [9.17, 15) is 20.1 Å². The molecule has 0 amide bonds. The fourth-order valence-electron chi connectivity index (χ4n) is 5.01. The maximum absolute atomic E-state index is 13.1. The van der Waals surface area contributed by atoms with Crippen molar-refractivity contribution in [1.82, 2.24) is 0 Å². The Balaban J connectivity index is 2.06. The first-order valence-electron chi connectivity index (χ1n) is 14.9. The Kier molecular flexibility index (Phi) is 11.9. The molecule has 3 unspecified atom stereocenters. The fourth-order valence-corrected chi connectivity index (χ4v) is 5.01. The van der Waals surface area contributed by atoms with Gasteiger partial charge in [0.25, 0.3) is 0 Å². The number of hydrogen-bond donors (Lipinski definition) is 3. The standard InChI is InChI=1S/C35H46O8/c1-8-10-17-35(5,39)34(38)25-13-16-29(31(20-25)41-7)43-32(21-36)33(26-14-11-22(3)18-27(26)37)24-12-15-28(30(19-24)40-6)42-23(4)9-2/h11-16,18-20,23,32-33,36-37,39H,8-10,17,21H2,1-7H3/t23-,32?,33?,35?/m1/s1. The highest BCUT2D eigenvalue weighted by Gasteiger charge is 2.33. The SMILES string of the molecule is CCCCC(C)(O)C(=O)c1ccc(OC(CO)C(c2ccc(O[C@H](C)CC)c(OC)c2)c2ccc(C)cc2O)c(OC)c1. The summed E-state index contributed by atoms with van der Waals surface area (Å²) in [5.41, 5.74) is 0.951. The summed E-state index contributed by atoms with van der Waals surface area (Å²) in [6.45, 7) is 9.03. The molecule has 3 aromatic carbocycles. The van der Waals surface area contributed by atoms with Gasteiger partial charge in [-0.1, -0.05) is 44.9 Å². The zero-order valence-corrected chi connectivity index (χ0v) is 26.3. The number of benzene rings is 3. The van der Waals surface area contributed by atoms with Gasteiger partial charge in [-0.25, -0.2) is 0 Å². The second-order valence-electron chi connectivity index (χ2n) is 11.2. The molecule has 0 radical (unpaired) electrons. The molecule has 43 heavy (non-hydrogen) atoms. The van der Waals surface area contributed by atoms with Gasteiger partial charge in [-0.05, 0) is 81.1 Å². The van der Waals surface area contributed by atoms with E-state index in [0.717, 1.165) is 30.4 Å². The van der Waals surface area contributed by atoms with Crippen molar-refractivity contribution < 1.29 is 39.1 Å². The monoisotopic (exact) mass is 594 g/mol. The number of phenols is 1. The molecule has 0 aromatic heterocycles. The summed E-state index contributed by atoms with van der Waals surface area (Å²) in [5, 5.41) is 32.5. The number of hydrogen-bond acceptors (Lipinski definition) is 8. The normalized spacial score (nSPS) is 14.7. The molecule has 3 aromatic rings. The van der Waals surface area contributed by atoms with Crippen LogP contribution in [0.3, 0.4) is 0 Å². The van der Waals surface area contributed by atoms with Gasteiger partial charge in [-0.15, -0.1) is 0 Å². The molecule has 3 rings (SSSR count). The van der Waals surface area contributed by atoms with E-state index in [0.29, 0.717) is 34.8 Å². The zero-order chi connectivity index (χ0) is 31.7. The third-order valence-electron chi connectivity index (χ3n) is 7.73. The Labute approximate surface area is 255 Å².